The third-order valence-corrected chi connectivity index (χ3v) is 7.43. The first-order chi connectivity index (χ1) is 17.1. The number of hydrogen-bond donors (Lipinski definition) is 1. The maximum absolute atomic E-state index is 12.4. The Kier molecular flexibility index (Phi) is 5.91. The van der Waals surface area contributed by atoms with Crippen molar-refractivity contribution < 1.29 is 24.1 Å². The van der Waals surface area contributed by atoms with Gasteiger partial charge >= 0.3 is 6.09 Å². The lowest BCUT2D eigenvalue weighted by molar-refractivity contribution is -0.104. The first kappa shape index (κ1) is 22.5. The molecule has 6 rings (SSSR count). The monoisotopic (exact) mass is 478 g/mol. The van der Waals surface area contributed by atoms with Gasteiger partial charge in [-0.05, 0) is 23.8 Å². The summed E-state index contributed by atoms with van der Waals surface area (Å²) in [5, 5.41) is 10.9. The van der Waals surface area contributed by atoms with Gasteiger partial charge in [-0.1, -0.05) is 6.07 Å². The minimum Gasteiger partial charge on any atom is -0.441 e. The lowest BCUT2D eigenvalue weighted by atomic mass is 9.87. The fraction of sp³-hybridized carbons (Fsp3) is 0.500. The van der Waals surface area contributed by atoms with Crippen molar-refractivity contribution in [3.05, 3.63) is 53.1 Å². The number of pyridine rings is 2. The van der Waals surface area contributed by atoms with Crippen LogP contribution in [0.15, 0.2) is 30.6 Å². The smallest absolute Gasteiger partial charge is 0.410 e. The Hall–Kier alpha value is -3.01. The molecule has 0 radical (unpaired) electrons. The zero-order chi connectivity index (χ0) is 23.8. The summed E-state index contributed by atoms with van der Waals surface area (Å²) < 4.78 is 15.9. The van der Waals surface area contributed by atoms with Gasteiger partial charge < -0.3 is 29.1 Å². The van der Waals surface area contributed by atoms with E-state index in [0.717, 1.165) is 53.3 Å². The number of nitrogens with zero attached hydrogens (tertiary/aromatic N) is 4. The van der Waals surface area contributed by atoms with Crippen LogP contribution in [0.25, 0.3) is 11.6 Å². The van der Waals surface area contributed by atoms with Crippen LogP contribution in [0.2, 0.25) is 0 Å². The van der Waals surface area contributed by atoms with Gasteiger partial charge in [-0.3, -0.25) is 9.97 Å². The molecule has 4 aliphatic rings. The van der Waals surface area contributed by atoms with Crippen LogP contribution in [-0.2, 0) is 26.2 Å². The predicted molar refractivity (Wildman–Crippen MR) is 129 cm³/mol. The van der Waals surface area contributed by atoms with E-state index >= 15 is 0 Å². The van der Waals surface area contributed by atoms with Crippen LogP contribution in [0.1, 0.15) is 35.4 Å². The molecule has 3 saturated heterocycles. The Morgan fingerprint density at radius 3 is 2.54 bits per heavy atom. The summed E-state index contributed by atoms with van der Waals surface area (Å²) in [5.74, 6) is 0. The number of aromatic nitrogens is 2. The Morgan fingerprint density at radius 1 is 1.06 bits per heavy atom. The SMILES string of the molecule is O=C(OC1COC1)N1CCN(c2ccnc3c2C=C(c2ccc(C4(O)CCOCC4)cn2)C3)CC1. The highest BCUT2D eigenvalue weighted by molar-refractivity contribution is 5.91. The van der Waals surface area contributed by atoms with Gasteiger partial charge in [0.25, 0.3) is 0 Å². The van der Waals surface area contributed by atoms with Crippen molar-refractivity contribution in [1.29, 1.82) is 0 Å². The van der Waals surface area contributed by atoms with E-state index < -0.39 is 5.60 Å². The summed E-state index contributed by atoms with van der Waals surface area (Å²) in [6.07, 6.45) is 7.40. The molecule has 2 aromatic heterocycles. The molecule has 1 amide bonds. The lowest BCUT2D eigenvalue weighted by Gasteiger charge is -2.37. The van der Waals surface area contributed by atoms with E-state index in [1.54, 1.807) is 11.1 Å². The summed E-state index contributed by atoms with van der Waals surface area (Å²) in [7, 11) is 0. The van der Waals surface area contributed by atoms with Crippen molar-refractivity contribution >= 4 is 23.4 Å². The second kappa shape index (κ2) is 9.22. The van der Waals surface area contributed by atoms with Gasteiger partial charge in [0, 0.05) is 87.9 Å². The minimum absolute atomic E-state index is 0.102. The summed E-state index contributed by atoms with van der Waals surface area (Å²) >= 11 is 0. The lowest BCUT2D eigenvalue weighted by Crippen LogP contribution is -2.51. The van der Waals surface area contributed by atoms with Crippen molar-refractivity contribution in [1.82, 2.24) is 14.9 Å². The van der Waals surface area contributed by atoms with Gasteiger partial charge in [-0.15, -0.1) is 0 Å². The number of amides is 1. The number of aliphatic hydroxyl groups is 1. The normalized spacial score (nSPS) is 21.8. The highest BCUT2D eigenvalue weighted by Gasteiger charge is 2.33. The van der Waals surface area contributed by atoms with E-state index in [2.05, 4.69) is 22.0 Å². The molecular formula is C26H30N4O5. The van der Waals surface area contributed by atoms with Crippen LogP contribution in [0.4, 0.5) is 10.5 Å². The zero-order valence-electron chi connectivity index (χ0n) is 19.7. The summed E-state index contributed by atoms with van der Waals surface area (Å²) in [6.45, 7) is 4.86. The zero-order valence-corrected chi connectivity index (χ0v) is 19.7. The van der Waals surface area contributed by atoms with Crippen molar-refractivity contribution in [2.75, 3.05) is 57.5 Å². The van der Waals surface area contributed by atoms with E-state index in [1.807, 2.05) is 18.3 Å². The molecule has 3 aliphatic heterocycles. The van der Waals surface area contributed by atoms with Crippen molar-refractivity contribution in [2.24, 2.45) is 0 Å². The molecule has 2 aromatic rings. The fourth-order valence-electron chi connectivity index (χ4n) is 5.14. The Bertz CT molecular complexity index is 1120. The van der Waals surface area contributed by atoms with Crippen molar-refractivity contribution in [3.8, 4) is 0 Å². The van der Waals surface area contributed by atoms with Crippen molar-refractivity contribution in [3.63, 3.8) is 0 Å². The number of carbonyl (C=O) groups is 1. The largest absolute Gasteiger partial charge is 0.441 e. The third-order valence-electron chi connectivity index (χ3n) is 7.43. The molecule has 0 atom stereocenters. The van der Waals surface area contributed by atoms with E-state index in [0.29, 0.717) is 52.4 Å². The maximum Gasteiger partial charge on any atom is 0.410 e. The number of ether oxygens (including phenoxy) is 3. The first-order valence-electron chi connectivity index (χ1n) is 12.3. The van der Waals surface area contributed by atoms with E-state index in [-0.39, 0.29) is 12.2 Å². The highest BCUT2D eigenvalue weighted by atomic mass is 16.6. The molecule has 9 heteroatoms. The van der Waals surface area contributed by atoms with E-state index in [9.17, 15) is 9.90 Å². The molecule has 3 fully saturated rings. The van der Waals surface area contributed by atoms with Gasteiger partial charge in [-0.2, -0.15) is 0 Å². The predicted octanol–water partition coefficient (Wildman–Crippen LogP) is 2.23. The summed E-state index contributed by atoms with van der Waals surface area (Å²) in [4.78, 5) is 25.8. The van der Waals surface area contributed by atoms with Crippen LogP contribution in [-0.4, -0.2) is 84.8 Å². The van der Waals surface area contributed by atoms with Gasteiger partial charge in [-0.25, -0.2) is 4.79 Å². The van der Waals surface area contributed by atoms with Gasteiger partial charge in [0.05, 0.1) is 30.2 Å². The van der Waals surface area contributed by atoms with Gasteiger partial charge in [0.15, 0.2) is 6.10 Å². The van der Waals surface area contributed by atoms with Gasteiger partial charge in [0.2, 0.25) is 0 Å². The molecule has 0 aromatic carbocycles. The number of allylic oxidation sites excluding steroid dienone is 1. The molecule has 0 spiro atoms. The van der Waals surface area contributed by atoms with Crippen molar-refractivity contribution in [2.45, 2.75) is 31.0 Å². The molecule has 0 unspecified atom stereocenters. The molecule has 5 heterocycles. The summed E-state index contributed by atoms with van der Waals surface area (Å²) in [5.41, 5.74) is 5.32. The van der Waals surface area contributed by atoms with E-state index in [4.69, 9.17) is 19.2 Å². The molecule has 184 valence electrons. The molecule has 1 N–H and O–H groups in total. The Labute approximate surface area is 204 Å². The van der Waals surface area contributed by atoms with Crippen LogP contribution >= 0.6 is 0 Å². The van der Waals surface area contributed by atoms with Crippen LogP contribution in [0, 0.1) is 0 Å². The van der Waals surface area contributed by atoms with Crippen LogP contribution in [0.3, 0.4) is 0 Å². The molecule has 0 bridgehead atoms. The molecule has 35 heavy (non-hydrogen) atoms. The minimum atomic E-state index is -0.855. The average molecular weight is 479 g/mol. The van der Waals surface area contributed by atoms with E-state index in [1.165, 1.54) is 0 Å². The number of anilines is 1. The third kappa shape index (κ3) is 4.39. The number of hydrogen-bond acceptors (Lipinski definition) is 8. The molecule has 1 aliphatic carbocycles. The molecule has 0 saturated carbocycles. The van der Waals surface area contributed by atoms with Gasteiger partial charge in [0.1, 0.15) is 0 Å². The van der Waals surface area contributed by atoms with Crippen LogP contribution in [0.5, 0.6) is 0 Å². The molecule has 9 nitrogen and oxygen atoms in total. The number of fused-ring (bicyclic) bond motifs is 1. The number of carbonyl (C=O) groups excluding carboxylic acids is 1. The quantitative estimate of drug-likeness (QED) is 0.715. The maximum atomic E-state index is 12.4. The molecular weight excluding hydrogens is 448 g/mol. The topological polar surface area (TPSA) is 97.3 Å². The Morgan fingerprint density at radius 2 is 1.86 bits per heavy atom. The number of rotatable bonds is 4. The second-order valence-corrected chi connectivity index (χ2v) is 9.63. The second-order valence-electron chi connectivity index (χ2n) is 9.63. The van der Waals surface area contributed by atoms with Crippen LogP contribution < -0.4 is 4.90 Å². The Balaban J connectivity index is 1.14. The average Bonchev–Trinajstić information content (AvgIpc) is 3.31. The summed E-state index contributed by atoms with van der Waals surface area (Å²) in [6, 6.07) is 6.03. The standard InChI is InChI=1S/C26H30N4O5/c31-25(35-20-16-34-17-20)30-9-7-29(8-10-30)24-3-6-27-23-14-18(13-21(23)24)22-2-1-19(15-28-22)26(32)4-11-33-12-5-26/h1-3,6,13,15,20,32H,4-5,7-12,14,16-17H2. The number of piperazine rings is 1. The highest BCUT2D eigenvalue weighted by Crippen LogP contribution is 2.37. The fourth-order valence-corrected chi connectivity index (χ4v) is 5.14. The first-order valence-corrected chi connectivity index (χ1v) is 12.3.